The molecule has 1 heterocycles. The average Bonchev–Trinajstić information content (AvgIpc) is 2.03. The van der Waals surface area contributed by atoms with Crippen LogP contribution in [0.25, 0.3) is 0 Å². The fraction of sp³-hybridized carbons (Fsp3) is 1.00. The Kier molecular flexibility index (Phi) is 2.13. The van der Waals surface area contributed by atoms with Gasteiger partial charge < -0.3 is 15.6 Å². The second-order valence-corrected chi connectivity index (χ2v) is 4.89. The molecule has 1 saturated carbocycles. The highest BCUT2D eigenvalue weighted by Crippen LogP contribution is 2.49. The van der Waals surface area contributed by atoms with Crippen molar-refractivity contribution in [1.29, 1.82) is 0 Å². The Hall–Kier alpha value is -0.120. The minimum atomic E-state index is -0.162. The molecule has 0 aromatic carbocycles. The van der Waals surface area contributed by atoms with Crippen molar-refractivity contribution in [3.8, 4) is 0 Å². The Morgan fingerprint density at radius 1 is 1.31 bits per heavy atom. The standard InChI is InChI=1S/C10H19NO2/c1-9(2-4-13-5-3-9)10(11)6-8(12)7-10/h8,12H,2-7,11H2,1H3. The van der Waals surface area contributed by atoms with E-state index in [2.05, 4.69) is 6.92 Å². The molecule has 0 aromatic heterocycles. The Labute approximate surface area is 79.3 Å². The van der Waals surface area contributed by atoms with Crippen molar-refractivity contribution in [2.45, 2.75) is 44.2 Å². The SMILES string of the molecule is CC1(C2(N)CC(O)C2)CCOCC1. The first kappa shape index (κ1) is 9.44. The summed E-state index contributed by atoms with van der Waals surface area (Å²) >= 11 is 0. The van der Waals surface area contributed by atoms with E-state index >= 15 is 0 Å². The zero-order valence-electron chi connectivity index (χ0n) is 8.25. The van der Waals surface area contributed by atoms with Crippen molar-refractivity contribution in [2.75, 3.05) is 13.2 Å². The molecule has 0 atom stereocenters. The summed E-state index contributed by atoms with van der Waals surface area (Å²) in [5.41, 5.74) is 6.34. The molecule has 0 bridgehead atoms. The maximum Gasteiger partial charge on any atom is 0.0575 e. The monoisotopic (exact) mass is 185 g/mol. The van der Waals surface area contributed by atoms with Gasteiger partial charge in [-0.1, -0.05) is 6.92 Å². The van der Waals surface area contributed by atoms with Crippen LogP contribution in [-0.4, -0.2) is 30.0 Å². The molecular weight excluding hydrogens is 166 g/mol. The topological polar surface area (TPSA) is 55.5 Å². The van der Waals surface area contributed by atoms with Gasteiger partial charge in [0.05, 0.1) is 6.10 Å². The summed E-state index contributed by atoms with van der Waals surface area (Å²) in [6.45, 7) is 3.89. The molecule has 1 aliphatic heterocycles. The van der Waals surface area contributed by atoms with Crippen molar-refractivity contribution in [3.63, 3.8) is 0 Å². The first-order chi connectivity index (χ1) is 6.06. The zero-order chi connectivity index (χ0) is 9.53. The normalized spacial score (nSPS) is 44.1. The van der Waals surface area contributed by atoms with E-state index in [1.54, 1.807) is 0 Å². The molecule has 2 fully saturated rings. The fourth-order valence-corrected chi connectivity index (χ4v) is 2.59. The van der Waals surface area contributed by atoms with Crippen LogP contribution in [0, 0.1) is 5.41 Å². The molecule has 2 rings (SSSR count). The van der Waals surface area contributed by atoms with Gasteiger partial charge in [-0.2, -0.15) is 0 Å². The molecule has 76 valence electrons. The number of rotatable bonds is 1. The maximum absolute atomic E-state index is 9.32. The molecule has 1 saturated heterocycles. The van der Waals surface area contributed by atoms with Crippen molar-refractivity contribution in [3.05, 3.63) is 0 Å². The van der Waals surface area contributed by atoms with Gasteiger partial charge in [0, 0.05) is 18.8 Å². The molecule has 3 nitrogen and oxygen atoms in total. The van der Waals surface area contributed by atoms with Crippen LogP contribution < -0.4 is 5.73 Å². The Bertz CT molecular complexity index is 193. The van der Waals surface area contributed by atoms with E-state index in [1.807, 2.05) is 0 Å². The summed E-state index contributed by atoms with van der Waals surface area (Å²) < 4.78 is 5.34. The predicted octanol–water partition coefficient (Wildman–Crippen LogP) is 0.655. The molecule has 0 amide bonds. The van der Waals surface area contributed by atoms with Crippen molar-refractivity contribution < 1.29 is 9.84 Å². The predicted molar refractivity (Wildman–Crippen MR) is 50.3 cm³/mol. The lowest BCUT2D eigenvalue weighted by molar-refractivity contribution is -0.0926. The quantitative estimate of drug-likeness (QED) is 0.631. The van der Waals surface area contributed by atoms with Gasteiger partial charge >= 0.3 is 0 Å². The number of ether oxygens (including phenoxy) is 1. The minimum Gasteiger partial charge on any atom is -0.393 e. The van der Waals surface area contributed by atoms with Crippen LogP contribution in [0.5, 0.6) is 0 Å². The summed E-state index contributed by atoms with van der Waals surface area (Å²) in [4.78, 5) is 0. The second kappa shape index (κ2) is 2.94. The summed E-state index contributed by atoms with van der Waals surface area (Å²) in [5, 5.41) is 9.32. The van der Waals surface area contributed by atoms with Crippen LogP contribution in [0.3, 0.4) is 0 Å². The highest BCUT2D eigenvalue weighted by molar-refractivity contribution is 5.09. The van der Waals surface area contributed by atoms with E-state index in [1.165, 1.54) is 0 Å². The highest BCUT2D eigenvalue weighted by atomic mass is 16.5. The highest BCUT2D eigenvalue weighted by Gasteiger charge is 2.53. The number of hydrogen-bond acceptors (Lipinski definition) is 3. The van der Waals surface area contributed by atoms with Gasteiger partial charge in [0.1, 0.15) is 0 Å². The van der Waals surface area contributed by atoms with Gasteiger partial charge in [0.2, 0.25) is 0 Å². The first-order valence-electron chi connectivity index (χ1n) is 5.10. The van der Waals surface area contributed by atoms with Crippen LogP contribution in [0.1, 0.15) is 32.6 Å². The third-order valence-electron chi connectivity index (χ3n) is 4.00. The van der Waals surface area contributed by atoms with Gasteiger partial charge in [-0.05, 0) is 31.1 Å². The van der Waals surface area contributed by atoms with Crippen molar-refractivity contribution in [2.24, 2.45) is 11.1 Å². The van der Waals surface area contributed by atoms with E-state index in [0.29, 0.717) is 0 Å². The maximum atomic E-state index is 9.32. The van der Waals surface area contributed by atoms with E-state index in [0.717, 1.165) is 38.9 Å². The number of nitrogens with two attached hydrogens (primary N) is 1. The van der Waals surface area contributed by atoms with E-state index < -0.39 is 0 Å². The van der Waals surface area contributed by atoms with E-state index in [-0.39, 0.29) is 17.1 Å². The molecule has 1 aliphatic carbocycles. The fourth-order valence-electron chi connectivity index (χ4n) is 2.59. The van der Waals surface area contributed by atoms with Crippen LogP contribution in [0.15, 0.2) is 0 Å². The summed E-state index contributed by atoms with van der Waals surface area (Å²) in [6, 6.07) is 0. The van der Waals surface area contributed by atoms with Gasteiger partial charge in [0.25, 0.3) is 0 Å². The summed E-state index contributed by atoms with van der Waals surface area (Å²) in [7, 11) is 0. The Morgan fingerprint density at radius 3 is 2.31 bits per heavy atom. The lowest BCUT2D eigenvalue weighted by atomic mass is 9.56. The lowest BCUT2D eigenvalue weighted by Crippen LogP contribution is -2.65. The number of aliphatic hydroxyl groups excluding tert-OH is 1. The molecule has 13 heavy (non-hydrogen) atoms. The van der Waals surface area contributed by atoms with Crippen molar-refractivity contribution in [1.82, 2.24) is 0 Å². The Morgan fingerprint density at radius 2 is 1.85 bits per heavy atom. The third kappa shape index (κ3) is 1.39. The first-order valence-corrected chi connectivity index (χ1v) is 5.10. The molecule has 0 spiro atoms. The smallest absolute Gasteiger partial charge is 0.0575 e. The molecular formula is C10H19NO2. The van der Waals surface area contributed by atoms with Crippen LogP contribution in [0.4, 0.5) is 0 Å². The van der Waals surface area contributed by atoms with E-state index in [4.69, 9.17) is 10.5 Å². The molecule has 3 N–H and O–H groups in total. The van der Waals surface area contributed by atoms with Gasteiger partial charge in [-0.15, -0.1) is 0 Å². The van der Waals surface area contributed by atoms with Crippen molar-refractivity contribution >= 4 is 0 Å². The minimum absolute atomic E-state index is 0.129. The average molecular weight is 185 g/mol. The number of aliphatic hydroxyl groups is 1. The second-order valence-electron chi connectivity index (χ2n) is 4.89. The zero-order valence-corrected chi connectivity index (χ0v) is 8.25. The molecule has 2 aliphatic rings. The number of hydrogen-bond donors (Lipinski definition) is 2. The molecule has 0 unspecified atom stereocenters. The molecule has 3 heteroatoms. The van der Waals surface area contributed by atoms with Crippen LogP contribution in [0.2, 0.25) is 0 Å². The Balaban J connectivity index is 2.05. The van der Waals surface area contributed by atoms with Gasteiger partial charge in [-0.25, -0.2) is 0 Å². The van der Waals surface area contributed by atoms with E-state index in [9.17, 15) is 5.11 Å². The van der Waals surface area contributed by atoms with Crippen LogP contribution >= 0.6 is 0 Å². The van der Waals surface area contributed by atoms with Gasteiger partial charge in [-0.3, -0.25) is 0 Å². The van der Waals surface area contributed by atoms with Crippen LogP contribution in [-0.2, 0) is 4.74 Å². The third-order valence-corrected chi connectivity index (χ3v) is 4.00. The van der Waals surface area contributed by atoms with Gasteiger partial charge in [0.15, 0.2) is 0 Å². The molecule has 0 aromatic rings. The lowest BCUT2D eigenvalue weighted by Gasteiger charge is -2.55. The summed E-state index contributed by atoms with van der Waals surface area (Å²) in [5.74, 6) is 0. The summed E-state index contributed by atoms with van der Waals surface area (Å²) in [6.07, 6.45) is 3.45. The largest absolute Gasteiger partial charge is 0.393 e. The molecule has 0 radical (unpaired) electrons.